The predicted molar refractivity (Wildman–Crippen MR) is 51.7 cm³/mol. The van der Waals surface area contributed by atoms with Crippen molar-refractivity contribution in [2.45, 2.75) is 6.42 Å². The summed E-state index contributed by atoms with van der Waals surface area (Å²) in [4.78, 5) is 0. The lowest BCUT2D eigenvalue weighted by molar-refractivity contribution is 0.0505. The molecule has 0 unspecified atom stereocenters. The highest BCUT2D eigenvalue weighted by Crippen LogP contribution is 2.28. The van der Waals surface area contributed by atoms with Crippen LogP contribution in [0, 0.1) is 0 Å². The Morgan fingerprint density at radius 2 is 2.31 bits per heavy atom. The van der Waals surface area contributed by atoms with Crippen molar-refractivity contribution in [3.8, 4) is 5.75 Å². The largest absolute Gasteiger partial charge is 0.467 e. The average Bonchev–Trinajstić information content (AvgIpc) is 2.62. The zero-order chi connectivity index (χ0) is 9.10. The Morgan fingerprint density at radius 3 is 3.15 bits per heavy atom. The van der Waals surface area contributed by atoms with Gasteiger partial charge in [-0.1, -0.05) is 24.3 Å². The zero-order valence-corrected chi connectivity index (χ0v) is 7.62. The maximum Gasteiger partial charge on any atom is 0.188 e. The summed E-state index contributed by atoms with van der Waals surface area (Å²) in [6, 6.07) is 6.07. The summed E-state index contributed by atoms with van der Waals surface area (Å²) in [6.07, 6.45) is 5.23. The van der Waals surface area contributed by atoms with Gasteiger partial charge in [-0.3, -0.25) is 0 Å². The van der Waals surface area contributed by atoms with E-state index in [1.165, 1.54) is 11.1 Å². The minimum Gasteiger partial charge on any atom is -0.467 e. The molecule has 0 aliphatic heterocycles. The van der Waals surface area contributed by atoms with E-state index in [0.717, 1.165) is 12.2 Å². The van der Waals surface area contributed by atoms with Gasteiger partial charge >= 0.3 is 0 Å². The summed E-state index contributed by atoms with van der Waals surface area (Å²) >= 11 is 0. The Kier molecular flexibility index (Phi) is 2.32. The molecular weight excluding hydrogens is 164 g/mol. The SMILES string of the molecule is COCOc1cccc2c1CC=C2. The molecule has 0 heterocycles. The summed E-state index contributed by atoms with van der Waals surface area (Å²) in [7, 11) is 1.63. The number of benzene rings is 1. The predicted octanol–water partition coefficient (Wildman–Crippen LogP) is 2.24. The summed E-state index contributed by atoms with van der Waals surface area (Å²) < 4.78 is 10.3. The summed E-state index contributed by atoms with van der Waals surface area (Å²) in [5.41, 5.74) is 2.52. The van der Waals surface area contributed by atoms with Crippen molar-refractivity contribution in [2.75, 3.05) is 13.9 Å². The second-order valence-electron chi connectivity index (χ2n) is 2.98. The molecule has 2 rings (SSSR count). The van der Waals surface area contributed by atoms with Crippen molar-refractivity contribution >= 4 is 6.08 Å². The molecule has 0 saturated heterocycles. The lowest BCUT2D eigenvalue weighted by Gasteiger charge is -2.09. The van der Waals surface area contributed by atoms with Crippen LogP contribution in [-0.4, -0.2) is 13.9 Å². The molecule has 68 valence electrons. The number of fused-ring (bicyclic) bond motifs is 1. The maximum atomic E-state index is 5.44. The smallest absolute Gasteiger partial charge is 0.188 e. The van der Waals surface area contributed by atoms with Crippen LogP contribution in [0.15, 0.2) is 24.3 Å². The molecule has 0 fully saturated rings. The van der Waals surface area contributed by atoms with Gasteiger partial charge in [-0.05, 0) is 18.1 Å². The number of hydrogen-bond acceptors (Lipinski definition) is 2. The Labute approximate surface area is 77.8 Å². The Morgan fingerprint density at radius 1 is 1.38 bits per heavy atom. The highest BCUT2D eigenvalue weighted by atomic mass is 16.7. The third kappa shape index (κ3) is 1.58. The highest BCUT2D eigenvalue weighted by Gasteiger charge is 2.09. The molecule has 0 saturated carbocycles. The van der Waals surface area contributed by atoms with E-state index in [2.05, 4.69) is 18.2 Å². The number of rotatable bonds is 3. The average molecular weight is 176 g/mol. The molecule has 1 aromatic carbocycles. The summed E-state index contributed by atoms with van der Waals surface area (Å²) in [5.74, 6) is 0.935. The first-order valence-electron chi connectivity index (χ1n) is 4.32. The van der Waals surface area contributed by atoms with Crippen molar-refractivity contribution in [1.82, 2.24) is 0 Å². The van der Waals surface area contributed by atoms with E-state index in [-0.39, 0.29) is 0 Å². The second-order valence-corrected chi connectivity index (χ2v) is 2.98. The van der Waals surface area contributed by atoms with E-state index in [9.17, 15) is 0 Å². The van der Waals surface area contributed by atoms with Crippen LogP contribution in [0.25, 0.3) is 6.08 Å². The fourth-order valence-electron chi connectivity index (χ4n) is 1.52. The fourth-order valence-corrected chi connectivity index (χ4v) is 1.52. The van der Waals surface area contributed by atoms with Crippen molar-refractivity contribution in [3.05, 3.63) is 35.4 Å². The van der Waals surface area contributed by atoms with Crippen LogP contribution in [-0.2, 0) is 11.2 Å². The van der Waals surface area contributed by atoms with Gasteiger partial charge in [-0.25, -0.2) is 0 Å². The van der Waals surface area contributed by atoms with Crippen LogP contribution in [0.1, 0.15) is 11.1 Å². The maximum absolute atomic E-state index is 5.44. The van der Waals surface area contributed by atoms with Crippen LogP contribution in [0.4, 0.5) is 0 Å². The molecule has 0 amide bonds. The number of allylic oxidation sites excluding steroid dienone is 1. The first kappa shape index (κ1) is 8.32. The third-order valence-corrected chi connectivity index (χ3v) is 2.12. The molecule has 13 heavy (non-hydrogen) atoms. The topological polar surface area (TPSA) is 18.5 Å². The first-order valence-corrected chi connectivity index (χ1v) is 4.32. The van der Waals surface area contributed by atoms with E-state index < -0.39 is 0 Å². The Bertz CT molecular complexity index is 329. The molecule has 0 N–H and O–H groups in total. The zero-order valence-electron chi connectivity index (χ0n) is 7.62. The van der Waals surface area contributed by atoms with Crippen molar-refractivity contribution in [1.29, 1.82) is 0 Å². The molecule has 2 heteroatoms. The number of hydrogen-bond donors (Lipinski definition) is 0. The minimum absolute atomic E-state index is 0.316. The van der Waals surface area contributed by atoms with Gasteiger partial charge in [0.15, 0.2) is 6.79 Å². The molecular formula is C11H12O2. The van der Waals surface area contributed by atoms with E-state index in [1.54, 1.807) is 7.11 Å². The Balaban J connectivity index is 2.23. The molecule has 0 radical (unpaired) electrons. The first-order chi connectivity index (χ1) is 6.42. The van der Waals surface area contributed by atoms with Crippen LogP contribution in [0.3, 0.4) is 0 Å². The third-order valence-electron chi connectivity index (χ3n) is 2.12. The standard InChI is InChI=1S/C11H12O2/c1-12-8-13-11-7-3-5-9-4-2-6-10(9)11/h2-5,7H,6,8H2,1H3. The molecule has 0 spiro atoms. The molecule has 2 nitrogen and oxygen atoms in total. The minimum atomic E-state index is 0.316. The van der Waals surface area contributed by atoms with Gasteiger partial charge in [0.05, 0.1) is 0 Å². The molecule has 0 aromatic heterocycles. The Hall–Kier alpha value is -1.28. The van der Waals surface area contributed by atoms with Gasteiger partial charge in [0.25, 0.3) is 0 Å². The van der Waals surface area contributed by atoms with E-state index >= 15 is 0 Å². The highest BCUT2D eigenvalue weighted by molar-refractivity contribution is 5.63. The van der Waals surface area contributed by atoms with Gasteiger partial charge < -0.3 is 9.47 Å². The lowest BCUT2D eigenvalue weighted by atomic mass is 10.1. The molecule has 1 aliphatic carbocycles. The van der Waals surface area contributed by atoms with Gasteiger partial charge in [0, 0.05) is 12.7 Å². The van der Waals surface area contributed by atoms with Gasteiger partial charge in [-0.15, -0.1) is 0 Å². The van der Waals surface area contributed by atoms with Crippen molar-refractivity contribution < 1.29 is 9.47 Å². The number of ether oxygens (including phenoxy) is 2. The summed E-state index contributed by atoms with van der Waals surface area (Å²) in [6.45, 7) is 0.316. The van der Waals surface area contributed by atoms with Crippen molar-refractivity contribution in [2.24, 2.45) is 0 Å². The van der Waals surface area contributed by atoms with Gasteiger partial charge in [-0.2, -0.15) is 0 Å². The summed E-state index contributed by atoms with van der Waals surface area (Å²) in [5, 5.41) is 0. The molecule has 0 atom stereocenters. The molecule has 0 bridgehead atoms. The van der Waals surface area contributed by atoms with Crippen LogP contribution < -0.4 is 4.74 Å². The number of methoxy groups -OCH3 is 1. The molecule has 1 aliphatic rings. The lowest BCUT2D eigenvalue weighted by Crippen LogP contribution is -2.01. The van der Waals surface area contributed by atoms with Crippen LogP contribution >= 0.6 is 0 Å². The fraction of sp³-hybridized carbons (Fsp3) is 0.273. The van der Waals surface area contributed by atoms with Crippen molar-refractivity contribution in [3.63, 3.8) is 0 Å². The van der Waals surface area contributed by atoms with E-state index in [4.69, 9.17) is 9.47 Å². The van der Waals surface area contributed by atoms with Gasteiger partial charge in [0.2, 0.25) is 0 Å². The molecule has 1 aromatic rings. The van der Waals surface area contributed by atoms with Crippen LogP contribution in [0.2, 0.25) is 0 Å². The van der Waals surface area contributed by atoms with E-state index in [0.29, 0.717) is 6.79 Å². The monoisotopic (exact) mass is 176 g/mol. The van der Waals surface area contributed by atoms with E-state index in [1.807, 2.05) is 12.1 Å². The normalized spacial score (nSPS) is 13.0. The quantitative estimate of drug-likeness (QED) is 0.657. The second kappa shape index (κ2) is 3.62. The van der Waals surface area contributed by atoms with Gasteiger partial charge in [0.1, 0.15) is 5.75 Å². The van der Waals surface area contributed by atoms with Crippen LogP contribution in [0.5, 0.6) is 5.75 Å².